The molecule has 3 nitrogen and oxygen atoms in total. The highest BCUT2D eigenvalue weighted by Gasteiger charge is 2.40. The summed E-state index contributed by atoms with van der Waals surface area (Å²) >= 11 is 0. The van der Waals surface area contributed by atoms with Gasteiger partial charge in [0, 0.05) is 24.8 Å². The van der Waals surface area contributed by atoms with Gasteiger partial charge < -0.3 is 5.32 Å². The van der Waals surface area contributed by atoms with E-state index in [0.717, 1.165) is 13.1 Å². The maximum absolute atomic E-state index is 4.36. The Morgan fingerprint density at radius 3 is 3.06 bits per heavy atom. The Morgan fingerprint density at radius 1 is 1.39 bits per heavy atom. The zero-order valence-corrected chi connectivity index (χ0v) is 11.0. The quantitative estimate of drug-likeness (QED) is 0.845. The second-order valence-electron chi connectivity index (χ2n) is 5.55. The van der Waals surface area contributed by atoms with Crippen LogP contribution in [-0.4, -0.2) is 16.2 Å². The van der Waals surface area contributed by atoms with Crippen LogP contribution in [-0.2, 0) is 6.54 Å². The van der Waals surface area contributed by atoms with Gasteiger partial charge in [-0.1, -0.05) is 19.4 Å². The molecule has 3 rings (SSSR count). The summed E-state index contributed by atoms with van der Waals surface area (Å²) < 4.78 is 1.94. The zero-order valence-electron chi connectivity index (χ0n) is 11.0. The van der Waals surface area contributed by atoms with Gasteiger partial charge in [-0.3, -0.25) is 0 Å². The minimum Gasteiger partial charge on any atom is -0.312 e. The van der Waals surface area contributed by atoms with Gasteiger partial charge in [-0.2, -0.15) is 5.10 Å². The average molecular weight is 243 g/mol. The molecule has 0 aliphatic heterocycles. The summed E-state index contributed by atoms with van der Waals surface area (Å²) in [5.41, 5.74) is 3.13. The van der Waals surface area contributed by atoms with Crippen LogP contribution in [0.25, 0.3) is 5.52 Å². The van der Waals surface area contributed by atoms with Crippen LogP contribution < -0.4 is 5.32 Å². The summed E-state index contributed by atoms with van der Waals surface area (Å²) in [5.74, 6) is 0. The molecule has 1 N–H and O–H groups in total. The van der Waals surface area contributed by atoms with Gasteiger partial charge in [0.15, 0.2) is 0 Å². The van der Waals surface area contributed by atoms with Crippen LogP contribution in [0.4, 0.5) is 0 Å². The zero-order chi connectivity index (χ0) is 12.4. The Balaban J connectivity index is 1.60. The first-order chi connectivity index (χ1) is 8.83. The van der Waals surface area contributed by atoms with Crippen molar-refractivity contribution in [3.05, 3.63) is 36.2 Å². The molecule has 1 saturated carbocycles. The summed E-state index contributed by atoms with van der Waals surface area (Å²) in [4.78, 5) is 0. The van der Waals surface area contributed by atoms with Gasteiger partial charge in [-0.05, 0) is 36.8 Å². The Bertz CT molecular complexity index is 525. The molecule has 1 aliphatic rings. The predicted molar refractivity (Wildman–Crippen MR) is 73.5 cm³/mol. The minimum absolute atomic E-state index is 0.623. The number of pyridine rings is 1. The van der Waals surface area contributed by atoms with Crippen molar-refractivity contribution in [3.63, 3.8) is 0 Å². The third-order valence-corrected chi connectivity index (χ3v) is 4.06. The lowest BCUT2D eigenvalue weighted by Crippen LogP contribution is -2.23. The number of hydrogen-bond acceptors (Lipinski definition) is 2. The van der Waals surface area contributed by atoms with Crippen molar-refractivity contribution >= 4 is 5.52 Å². The molecule has 2 aromatic heterocycles. The minimum atomic E-state index is 0.623. The van der Waals surface area contributed by atoms with Gasteiger partial charge in [0.25, 0.3) is 0 Å². The van der Waals surface area contributed by atoms with Crippen LogP contribution in [0, 0.1) is 5.41 Å². The fourth-order valence-electron chi connectivity index (χ4n) is 2.81. The number of fused-ring (bicyclic) bond motifs is 1. The van der Waals surface area contributed by atoms with Crippen LogP contribution in [0.3, 0.4) is 0 Å². The summed E-state index contributed by atoms with van der Waals surface area (Å²) in [6.45, 7) is 4.37. The second kappa shape index (κ2) is 4.73. The fraction of sp³-hybridized carbons (Fsp3) is 0.533. The van der Waals surface area contributed by atoms with E-state index in [9.17, 15) is 0 Å². The van der Waals surface area contributed by atoms with Gasteiger partial charge in [0.2, 0.25) is 0 Å². The van der Waals surface area contributed by atoms with Crippen molar-refractivity contribution < 1.29 is 0 Å². The summed E-state index contributed by atoms with van der Waals surface area (Å²) in [6, 6.07) is 6.21. The largest absolute Gasteiger partial charge is 0.312 e. The van der Waals surface area contributed by atoms with Crippen molar-refractivity contribution in [2.75, 3.05) is 6.54 Å². The highest BCUT2D eigenvalue weighted by Crippen LogP contribution is 2.48. The molecule has 0 aromatic carbocycles. The lowest BCUT2D eigenvalue weighted by molar-refractivity contribution is 0.421. The molecule has 0 spiro atoms. The third-order valence-electron chi connectivity index (χ3n) is 4.06. The van der Waals surface area contributed by atoms with Gasteiger partial charge in [-0.15, -0.1) is 0 Å². The van der Waals surface area contributed by atoms with E-state index in [2.05, 4.69) is 29.5 Å². The highest BCUT2D eigenvalue weighted by atomic mass is 15.2. The van der Waals surface area contributed by atoms with Crippen LogP contribution in [0.15, 0.2) is 30.6 Å². The van der Waals surface area contributed by atoms with Gasteiger partial charge >= 0.3 is 0 Å². The molecule has 0 amide bonds. The maximum atomic E-state index is 4.36. The molecule has 0 unspecified atom stereocenters. The first-order valence-electron chi connectivity index (χ1n) is 6.95. The third kappa shape index (κ3) is 2.27. The van der Waals surface area contributed by atoms with Gasteiger partial charge in [0.05, 0.1) is 11.7 Å². The standard InChI is InChI=1S/C15H21N3/c1-2-6-15(7-8-15)12-16-10-13-11-17-18-9-4-3-5-14(13)18/h3-5,9,11,16H,2,6-8,10,12H2,1H3. The molecule has 1 fully saturated rings. The normalized spacial score (nSPS) is 17.2. The molecule has 0 saturated heterocycles. The summed E-state index contributed by atoms with van der Waals surface area (Å²) in [6.07, 6.45) is 9.46. The van der Waals surface area contributed by atoms with E-state index in [1.54, 1.807) is 0 Å². The van der Waals surface area contributed by atoms with E-state index in [1.807, 2.05) is 23.0 Å². The smallest absolute Gasteiger partial charge is 0.0706 e. The van der Waals surface area contributed by atoms with Crippen molar-refractivity contribution in [1.29, 1.82) is 0 Å². The van der Waals surface area contributed by atoms with Crippen molar-refractivity contribution in [2.24, 2.45) is 5.41 Å². The lowest BCUT2D eigenvalue weighted by Gasteiger charge is -2.14. The number of nitrogens with zero attached hydrogens (tertiary/aromatic N) is 2. The van der Waals surface area contributed by atoms with E-state index in [0.29, 0.717) is 5.41 Å². The lowest BCUT2D eigenvalue weighted by atomic mass is 10.0. The van der Waals surface area contributed by atoms with Gasteiger partial charge in [0.1, 0.15) is 0 Å². The molecule has 18 heavy (non-hydrogen) atoms. The van der Waals surface area contributed by atoms with Crippen LogP contribution in [0.1, 0.15) is 38.2 Å². The SMILES string of the molecule is CCCC1(CNCc2cnn3ccccc23)CC1. The van der Waals surface area contributed by atoms with E-state index in [4.69, 9.17) is 0 Å². The monoisotopic (exact) mass is 243 g/mol. The molecule has 96 valence electrons. The Kier molecular flexibility index (Phi) is 3.08. The average Bonchev–Trinajstić information content (AvgIpc) is 3.02. The number of rotatable bonds is 6. The molecular weight excluding hydrogens is 222 g/mol. The number of aromatic nitrogens is 2. The van der Waals surface area contributed by atoms with E-state index >= 15 is 0 Å². The number of hydrogen-bond donors (Lipinski definition) is 1. The van der Waals surface area contributed by atoms with E-state index in [-0.39, 0.29) is 0 Å². The highest BCUT2D eigenvalue weighted by molar-refractivity contribution is 5.53. The fourth-order valence-corrected chi connectivity index (χ4v) is 2.81. The molecule has 2 heterocycles. The van der Waals surface area contributed by atoms with E-state index in [1.165, 1.54) is 36.8 Å². The van der Waals surface area contributed by atoms with Gasteiger partial charge in [-0.25, -0.2) is 4.52 Å². The number of nitrogens with one attached hydrogen (secondary N) is 1. The summed E-state index contributed by atoms with van der Waals surface area (Å²) in [7, 11) is 0. The van der Waals surface area contributed by atoms with Crippen LogP contribution >= 0.6 is 0 Å². The molecule has 1 aliphatic carbocycles. The Morgan fingerprint density at radius 2 is 2.28 bits per heavy atom. The first kappa shape index (κ1) is 11.7. The van der Waals surface area contributed by atoms with Crippen LogP contribution in [0.2, 0.25) is 0 Å². The maximum Gasteiger partial charge on any atom is 0.0706 e. The Hall–Kier alpha value is -1.35. The first-order valence-corrected chi connectivity index (χ1v) is 6.95. The molecular formula is C15H21N3. The molecule has 0 bridgehead atoms. The van der Waals surface area contributed by atoms with Crippen molar-refractivity contribution in [1.82, 2.24) is 14.9 Å². The molecule has 0 atom stereocenters. The Labute approximate surface area is 108 Å². The molecule has 2 aromatic rings. The molecule has 3 heteroatoms. The second-order valence-corrected chi connectivity index (χ2v) is 5.55. The van der Waals surface area contributed by atoms with Crippen LogP contribution in [0.5, 0.6) is 0 Å². The van der Waals surface area contributed by atoms with Crippen molar-refractivity contribution in [2.45, 2.75) is 39.2 Å². The summed E-state index contributed by atoms with van der Waals surface area (Å²) in [5, 5.41) is 7.98. The predicted octanol–water partition coefficient (Wildman–Crippen LogP) is 3.00. The molecule has 0 radical (unpaired) electrons. The van der Waals surface area contributed by atoms with E-state index < -0.39 is 0 Å². The van der Waals surface area contributed by atoms with Crippen molar-refractivity contribution in [3.8, 4) is 0 Å². The topological polar surface area (TPSA) is 29.3 Å².